The highest BCUT2D eigenvalue weighted by Crippen LogP contribution is 2.10. The van der Waals surface area contributed by atoms with Crippen LogP contribution in [0.15, 0.2) is 12.4 Å². The Bertz CT molecular complexity index is 362. The second-order valence-corrected chi connectivity index (χ2v) is 3.81. The van der Waals surface area contributed by atoms with Gasteiger partial charge in [-0.25, -0.2) is 9.97 Å². The van der Waals surface area contributed by atoms with Gasteiger partial charge in [0.1, 0.15) is 0 Å². The number of rotatable bonds is 3. The highest BCUT2D eigenvalue weighted by Gasteiger charge is 2.22. The van der Waals surface area contributed by atoms with Gasteiger partial charge in [-0.05, 0) is 0 Å². The summed E-state index contributed by atoms with van der Waals surface area (Å²) < 4.78 is 5.31. The summed E-state index contributed by atoms with van der Waals surface area (Å²) in [6.07, 6.45) is 2.52. The van der Waals surface area contributed by atoms with E-state index in [9.17, 15) is 0 Å². The van der Waals surface area contributed by atoms with E-state index < -0.39 is 7.12 Å². The first-order chi connectivity index (χ1) is 8.20. The average Bonchev–Trinajstić information content (AvgIpc) is 2.39. The maximum absolute atomic E-state index is 9.01. The molecule has 3 N–H and O–H groups in total. The smallest absolute Gasteiger partial charge is 0.423 e. The molecule has 0 spiro atoms. The lowest BCUT2D eigenvalue weighted by molar-refractivity contribution is 0.00314. The molecule has 0 amide bonds. The summed E-state index contributed by atoms with van der Waals surface area (Å²) >= 11 is 0. The third-order valence-electron chi connectivity index (χ3n) is 2.58. The molecule has 0 unspecified atom stereocenters. The summed E-state index contributed by atoms with van der Waals surface area (Å²) in [5.74, 6) is 0.496. The molecule has 7 nitrogen and oxygen atoms in total. The van der Waals surface area contributed by atoms with Crippen LogP contribution in [0.4, 0.5) is 5.95 Å². The van der Waals surface area contributed by atoms with Crippen molar-refractivity contribution in [3.05, 3.63) is 12.4 Å². The zero-order valence-electron chi connectivity index (χ0n) is 9.23. The number of morpholine rings is 1. The van der Waals surface area contributed by atoms with E-state index >= 15 is 0 Å². The Morgan fingerprint density at radius 3 is 2.71 bits per heavy atom. The second kappa shape index (κ2) is 5.41. The third kappa shape index (κ3) is 2.92. The van der Waals surface area contributed by atoms with E-state index in [0.717, 1.165) is 0 Å². The fourth-order valence-electron chi connectivity index (χ4n) is 1.64. The fourth-order valence-corrected chi connectivity index (χ4v) is 1.64. The molecule has 1 aliphatic rings. The molecular weight excluding hydrogens is 225 g/mol. The number of aliphatic hydroxyl groups excluding tert-OH is 1. The summed E-state index contributed by atoms with van der Waals surface area (Å²) in [4.78, 5) is 9.99. The Balaban J connectivity index is 2.06. The van der Waals surface area contributed by atoms with Gasteiger partial charge in [-0.15, -0.1) is 0 Å². The molecule has 8 heteroatoms. The van der Waals surface area contributed by atoms with Crippen molar-refractivity contribution < 1.29 is 19.9 Å². The number of anilines is 1. The Hall–Kier alpha value is -1.22. The molecule has 92 valence electrons. The van der Waals surface area contributed by atoms with E-state index in [0.29, 0.717) is 25.6 Å². The van der Waals surface area contributed by atoms with E-state index in [1.807, 2.05) is 4.90 Å². The molecule has 0 saturated carbocycles. The zero-order valence-corrected chi connectivity index (χ0v) is 9.23. The van der Waals surface area contributed by atoms with Crippen LogP contribution in [0.2, 0.25) is 0 Å². The van der Waals surface area contributed by atoms with E-state index in [1.165, 1.54) is 12.4 Å². The highest BCUT2D eigenvalue weighted by atomic mass is 16.5. The maximum atomic E-state index is 9.01. The fraction of sp³-hybridized carbons (Fsp3) is 0.556. The number of nitrogens with zero attached hydrogens (tertiary/aromatic N) is 3. The molecule has 1 aliphatic heterocycles. The van der Waals surface area contributed by atoms with Crippen molar-refractivity contribution in [3.8, 4) is 0 Å². The summed E-state index contributed by atoms with van der Waals surface area (Å²) in [7, 11) is -1.56. The number of hydrogen-bond acceptors (Lipinski definition) is 7. The number of aromatic nitrogens is 2. The molecule has 2 heterocycles. The molecule has 1 aromatic heterocycles. The van der Waals surface area contributed by atoms with E-state index in [1.54, 1.807) is 0 Å². The molecule has 0 aliphatic carbocycles. The molecule has 0 bridgehead atoms. The van der Waals surface area contributed by atoms with Gasteiger partial charge in [0.15, 0.2) is 0 Å². The summed E-state index contributed by atoms with van der Waals surface area (Å²) in [6, 6.07) is 0. The van der Waals surface area contributed by atoms with Crippen molar-refractivity contribution in [2.24, 2.45) is 0 Å². The zero-order chi connectivity index (χ0) is 12.3. The summed E-state index contributed by atoms with van der Waals surface area (Å²) in [5, 5.41) is 26.8. The van der Waals surface area contributed by atoms with Gasteiger partial charge >= 0.3 is 7.12 Å². The molecule has 1 atom stereocenters. The van der Waals surface area contributed by atoms with Crippen LogP contribution in [-0.4, -0.2) is 64.6 Å². The van der Waals surface area contributed by atoms with Crippen molar-refractivity contribution in [3.63, 3.8) is 0 Å². The lowest BCUT2D eigenvalue weighted by atomic mass is 9.83. The Morgan fingerprint density at radius 1 is 1.41 bits per heavy atom. The molecular formula is C9H14BN3O4. The molecule has 1 saturated heterocycles. The topological polar surface area (TPSA) is 98.9 Å². The minimum Gasteiger partial charge on any atom is -0.423 e. The van der Waals surface area contributed by atoms with Crippen LogP contribution in [0.5, 0.6) is 0 Å². The predicted octanol–water partition coefficient (Wildman–Crippen LogP) is -2.65. The third-order valence-corrected chi connectivity index (χ3v) is 2.58. The van der Waals surface area contributed by atoms with Gasteiger partial charge in [-0.3, -0.25) is 0 Å². The van der Waals surface area contributed by atoms with Crippen molar-refractivity contribution in [1.82, 2.24) is 9.97 Å². The average molecular weight is 239 g/mol. The molecule has 1 fully saturated rings. The molecule has 0 radical (unpaired) electrons. The van der Waals surface area contributed by atoms with Crippen LogP contribution >= 0.6 is 0 Å². The summed E-state index contributed by atoms with van der Waals surface area (Å²) in [5.41, 5.74) is 0.251. The maximum Gasteiger partial charge on any atom is 0.491 e. The van der Waals surface area contributed by atoms with Crippen molar-refractivity contribution in [1.29, 1.82) is 0 Å². The lowest BCUT2D eigenvalue weighted by Gasteiger charge is -2.31. The van der Waals surface area contributed by atoms with Crippen LogP contribution < -0.4 is 10.4 Å². The summed E-state index contributed by atoms with van der Waals surface area (Å²) in [6.45, 7) is 1.65. The molecule has 1 aromatic rings. The molecule has 17 heavy (non-hydrogen) atoms. The second-order valence-electron chi connectivity index (χ2n) is 3.81. The molecule has 2 rings (SSSR count). The van der Waals surface area contributed by atoms with Gasteiger partial charge in [0.25, 0.3) is 0 Å². The van der Waals surface area contributed by atoms with Gasteiger partial charge in [-0.1, -0.05) is 0 Å². The van der Waals surface area contributed by atoms with Crippen molar-refractivity contribution in [2.75, 3.05) is 31.2 Å². The van der Waals surface area contributed by atoms with Crippen LogP contribution in [-0.2, 0) is 4.74 Å². The van der Waals surface area contributed by atoms with Crippen LogP contribution in [0, 0.1) is 0 Å². The quantitative estimate of drug-likeness (QED) is 0.495. The number of hydrogen-bond donors (Lipinski definition) is 3. The van der Waals surface area contributed by atoms with E-state index in [4.69, 9.17) is 19.9 Å². The van der Waals surface area contributed by atoms with Crippen molar-refractivity contribution in [2.45, 2.75) is 6.10 Å². The van der Waals surface area contributed by atoms with E-state index in [-0.39, 0.29) is 18.2 Å². The Kier molecular flexibility index (Phi) is 3.90. The van der Waals surface area contributed by atoms with Crippen molar-refractivity contribution >= 4 is 18.5 Å². The standard InChI is InChI=1S/C9H14BN3O4/c14-6-8-5-13(1-2-17-8)9-11-3-7(4-12-9)10(15)16/h3-4,8,14-16H,1-2,5-6H2/t8-/m1/s1. The van der Waals surface area contributed by atoms with E-state index in [2.05, 4.69) is 9.97 Å². The van der Waals surface area contributed by atoms with Gasteiger partial charge in [-0.2, -0.15) is 0 Å². The molecule has 0 aromatic carbocycles. The lowest BCUT2D eigenvalue weighted by Crippen LogP contribution is -2.45. The van der Waals surface area contributed by atoms with Gasteiger partial charge in [0.2, 0.25) is 5.95 Å². The van der Waals surface area contributed by atoms with Gasteiger partial charge in [0, 0.05) is 30.9 Å². The van der Waals surface area contributed by atoms with Gasteiger partial charge < -0.3 is 24.8 Å². The minimum absolute atomic E-state index is 0.0378. The first-order valence-corrected chi connectivity index (χ1v) is 5.36. The first kappa shape index (κ1) is 12.2. The SMILES string of the molecule is OC[C@H]1CN(c2ncc(B(O)O)cn2)CCO1. The predicted molar refractivity (Wildman–Crippen MR) is 60.9 cm³/mol. The normalized spacial score (nSPS) is 20.4. The number of aliphatic hydroxyl groups is 1. The van der Waals surface area contributed by atoms with Gasteiger partial charge in [0.05, 0.1) is 19.3 Å². The Labute approximate surface area is 98.8 Å². The monoisotopic (exact) mass is 239 g/mol. The minimum atomic E-state index is -1.56. The van der Waals surface area contributed by atoms with Crippen LogP contribution in [0.3, 0.4) is 0 Å². The van der Waals surface area contributed by atoms with Crippen LogP contribution in [0.1, 0.15) is 0 Å². The largest absolute Gasteiger partial charge is 0.491 e. The van der Waals surface area contributed by atoms with Crippen LogP contribution in [0.25, 0.3) is 0 Å². The highest BCUT2D eigenvalue weighted by molar-refractivity contribution is 6.58. The Morgan fingerprint density at radius 2 is 2.12 bits per heavy atom. The first-order valence-electron chi connectivity index (χ1n) is 5.36. The number of ether oxygens (including phenoxy) is 1.